The molecule has 1 aromatic heterocycles. The fourth-order valence-corrected chi connectivity index (χ4v) is 1.98. The number of hydrogen-bond acceptors (Lipinski definition) is 5. The Morgan fingerprint density at radius 3 is 2.67 bits per heavy atom. The summed E-state index contributed by atoms with van der Waals surface area (Å²) < 4.78 is 6.08. The molecule has 2 aromatic rings. The van der Waals surface area contributed by atoms with Crippen LogP contribution < -0.4 is 0 Å². The van der Waals surface area contributed by atoms with Gasteiger partial charge in [0, 0.05) is 0 Å². The Bertz CT molecular complexity index is 729. The average Bonchev–Trinajstić information content (AvgIpc) is 2.84. The summed E-state index contributed by atoms with van der Waals surface area (Å²) in [6.45, 7) is 1.82. The molecule has 0 amide bonds. The second-order valence-electron chi connectivity index (χ2n) is 3.96. The third-order valence-electron chi connectivity index (χ3n) is 2.69. The monoisotopic (exact) mass is 303 g/mol. The number of aromatic nitrogens is 2. The van der Waals surface area contributed by atoms with Crippen molar-refractivity contribution in [1.82, 2.24) is 9.78 Å². The van der Waals surface area contributed by atoms with Gasteiger partial charge < -0.3 is 4.74 Å². The van der Waals surface area contributed by atoms with Crippen molar-refractivity contribution in [2.45, 2.75) is 6.92 Å². The smallest absolute Gasteiger partial charge is 0.359 e. The lowest BCUT2D eigenvalue weighted by molar-refractivity contribution is 0.0517. The van der Waals surface area contributed by atoms with Gasteiger partial charge in [-0.25, -0.2) is 9.48 Å². The van der Waals surface area contributed by atoms with Gasteiger partial charge in [0.25, 0.3) is 0 Å². The van der Waals surface area contributed by atoms with Crippen molar-refractivity contribution in [3.63, 3.8) is 0 Å². The lowest BCUT2D eigenvalue weighted by atomic mass is 10.2. The van der Waals surface area contributed by atoms with Crippen molar-refractivity contribution in [2.75, 3.05) is 6.61 Å². The number of ether oxygens (including phenoxy) is 1. The van der Waals surface area contributed by atoms with Crippen LogP contribution in [0.2, 0.25) is 5.15 Å². The minimum Gasteiger partial charge on any atom is -0.461 e. The van der Waals surface area contributed by atoms with Crippen LogP contribution in [-0.4, -0.2) is 28.6 Å². The molecule has 0 aliphatic rings. The number of esters is 1. The number of aldehydes is 1. The van der Waals surface area contributed by atoms with Gasteiger partial charge in [0.15, 0.2) is 12.0 Å². The van der Waals surface area contributed by atoms with Crippen molar-refractivity contribution < 1.29 is 14.3 Å². The molecule has 0 atom stereocenters. The van der Waals surface area contributed by atoms with Crippen LogP contribution in [0.25, 0.3) is 5.69 Å². The van der Waals surface area contributed by atoms with E-state index < -0.39 is 5.97 Å². The van der Waals surface area contributed by atoms with Crippen molar-refractivity contribution in [1.29, 1.82) is 5.26 Å². The molecule has 0 unspecified atom stereocenters. The van der Waals surface area contributed by atoms with Gasteiger partial charge in [-0.05, 0) is 31.2 Å². The quantitative estimate of drug-likeness (QED) is 0.639. The van der Waals surface area contributed by atoms with Crippen LogP contribution in [0.3, 0.4) is 0 Å². The Hall–Kier alpha value is -2.65. The first-order valence-electron chi connectivity index (χ1n) is 6.03. The second-order valence-corrected chi connectivity index (χ2v) is 4.32. The number of rotatable bonds is 4. The molecule has 0 spiro atoms. The Labute approximate surface area is 125 Å². The van der Waals surface area contributed by atoms with Gasteiger partial charge >= 0.3 is 5.97 Å². The number of nitriles is 1. The zero-order chi connectivity index (χ0) is 15.4. The summed E-state index contributed by atoms with van der Waals surface area (Å²) in [6.07, 6.45) is 0.460. The first-order chi connectivity index (χ1) is 10.1. The molecule has 1 aromatic carbocycles. The lowest BCUT2D eigenvalue weighted by Gasteiger charge is -2.02. The van der Waals surface area contributed by atoms with Gasteiger partial charge in [0.2, 0.25) is 0 Å². The van der Waals surface area contributed by atoms with E-state index in [2.05, 4.69) is 5.10 Å². The van der Waals surface area contributed by atoms with E-state index in [4.69, 9.17) is 21.6 Å². The third kappa shape index (κ3) is 2.78. The maximum absolute atomic E-state index is 11.8. The molecule has 7 heteroatoms. The molecule has 21 heavy (non-hydrogen) atoms. The molecule has 0 bridgehead atoms. The largest absolute Gasteiger partial charge is 0.461 e. The molecule has 0 aliphatic heterocycles. The van der Waals surface area contributed by atoms with Crippen molar-refractivity contribution in [2.24, 2.45) is 0 Å². The fourth-order valence-electron chi connectivity index (χ4n) is 1.71. The highest BCUT2D eigenvalue weighted by Gasteiger charge is 2.23. The number of halogens is 1. The topological polar surface area (TPSA) is 85.0 Å². The highest BCUT2D eigenvalue weighted by Crippen LogP contribution is 2.23. The van der Waals surface area contributed by atoms with Gasteiger partial charge in [-0.15, -0.1) is 0 Å². The molecule has 0 radical (unpaired) electrons. The number of carbonyl (C=O) groups is 2. The van der Waals surface area contributed by atoms with Crippen LogP contribution in [0.4, 0.5) is 0 Å². The molecule has 1 heterocycles. The highest BCUT2D eigenvalue weighted by atomic mass is 35.5. The molecule has 106 valence electrons. The van der Waals surface area contributed by atoms with Gasteiger partial charge in [-0.2, -0.15) is 10.4 Å². The summed E-state index contributed by atoms with van der Waals surface area (Å²) in [6, 6.07) is 8.38. The van der Waals surface area contributed by atoms with E-state index in [1.165, 1.54) is 4.68 Å². The summed E-state index contributed by atoms with van der Waals surface area (Å²) in [7, 11) is 0. The molecule has 0 saturated heterocycles. The van der Waals surface area contributed by atoms with Crippen LogP contribution in [0.15, 0.2) is 24.3 Å². The van der Waals surface area contributed by atoms with Crippen LogP contribution in [0, 0.1) is 11.3 Å². The average molecular weight is 304 g/mol. The minimum absolute atomic E-state index is 0.0118. The van der Waals surface area contributed by atoms with E-state index in [1.54, 1.807) is 31.2 Å². The molecule has 0 N–H and O–H groups in total. The first-order valence-corrected chi connectivity index (χ1v) is 6.41. The third-order valence-corrected chi connectivity index (χ3v) is 3.05. The Morgan fingerprint density at radius 2 is 2.14 bits per heavy atom. The number of carbonyl (C=O) groups excluding carboxylic acids is 2. The fraction of sp³-hybridized carbons (Fsp3) is 0.143. The van der Waals surface area contributed by atoms with Gasteiger partial charge in [-0.3, -0.25) is 4.79 Å². The maximum Gasteiger partial charge on any atom is 0.359 e. The van der Waals surface area contributed by atoms with Crippen LogP contribution in [-0.2, 0) is 4.74 Å². The minimum atomic E-state index is -0.714. The Balaban J connectivity index is 2.52. The summed E-state index contributed by atoms with van der Waals surface area (Å²) in [5.74, 6) is -0.714. The normalized spacial score (nSPS) is 9.95. The lowest BCUT2D eigenvalue weighted by Crippen LogP contribution is -2.08. The standard InChI is InChI=1S/C14H10ClN3O3/c1-2-21-14(20)12-11(8-19)13(15)18(17-12)10-5-3-9(7-16)4-6-10/h3-6,8H,2H2,1H3. The summed E-state index contributed by atoms with van der Waals surface area (Å²) in [5, 5.41) is 12.8. The Morgan fingerprint density at radius 1 is 1.48 bits per heavy atom. The summed E-state index contributed by atoms with van der Waals surface area (Å²) in [5.41, 5.74) is 0.835. The second kappa shape index (κ2) is 6.20. The van der Waals surface area contributed by atoms with E-state index >= 15 is 0 Å². The predicted octanol–water partition coefficient (Wildman–Crippen LogP) is 2.39. The SMILES string of the molecule is CCOC(=O)c1nn(-c2ccc(C#N)cc2)c(Cl)c1C=O. The maximum atomic E-state index is 11.8. The van der Waals surface area contributed by atoms with E-state index in [0.717, 1.165) is 0 Å². The first kappa shape index (κ1) is 14.8. The number of hydrogen-bond donors (Lipinski definition) is 0. The number of benzene rings is 1. The Kier molecular flexibility index (Phi) is 4.36. The summed E-state index contributed by atoms with van der Waals surface area (Å²) >= 11 is 6.08. The molecule has 6 nitrogen and oxygen atoms in total. The highest BCUT2D eigenvalue weighted by molar-refractivity contribution is 6.33. The van der Waals surface area contributed by atoms with E-state index in [0.29, 0.717) is 17.5 Å². The molecule has 0 fully saturated rings. The molecular weight excluding hydrogens is 294 g/mol. The molecule has 2 rings (SSSR count). The molecule has 0 aliphatic carbocycles. The van der Waals surface area contributed by atoms with E-state index in [1.807, 2.05) is 6.07 Å². The number of nitrogens with zero attached hydrogens (tertiary/aromatic N) is 3. The zero-order valence-electron chi connectivity index (χ0n) is 11.0. The predicted molar refractivity (Wildman–Crippen MR) is 74.6 cm³/mol. The zero-order valence-corrected chi connectivity index (χ0v) is 11.8. The van der Waals surface area contributed by atoms with Crippen molar-refractivity contribution >= 4 is 23.9 Å². The van der Waals surface area contributed by atoms with E-state index in [-0.39, 0.29) is 23.0 Å². The van der Waals surface area contributed by atoms with Crippen LogP contribution in [0.5, 0.6) is 0 Å². The molecule has 0 saturated carbocycles. The van der Waals surface area contributed by atoms with E-state index in [9.17, 15) is 9.59 Å². The molecular formula is C14H10ClN3O3. The summed E-state index contributed by atoms with van der Waals surface area (Å²) in [4.78, 5) is 22.9. The van der Waals surface area contributed by atoms with Crippen molar-refractivity contribution in [3.8, 4) is 11.8 Å². The van der Waals surface area contributed by atoms with Crippen LogP contribution >= 0.6 is 11.6 Å². The van der Waals surface area contributed by atoms with Gasteiger partial charge in [-0.1, -0.05) is 11.6 Å². The van der Waals surface area contributed by atoms with Gasteiger partial charge in [0.1, 0.15) is 5.15 Å². The van der Waals surface area contributed by atoms with Crippen molar-refractivity contribution in [3.05, 3.63) is 46.2 Å². The van der Waals surface area contributed by atoms with Gasteiger partial charge in [0.05, 0.1) is 29.5 Å². The van der Waals surface area contributed by atoms with Crippen LogP contribution in [0.1, 0.15) is 33.3 Å².